The topological polar surface area (TPSA) is 41.6 Å². The minimum absolute atomic E-state index is 0.101. The third-order valence-corrected chi connectivity index (χ3v) is 3.46. The summed E-state index contributed by atoms with van der Waals surface area (Å²) in [4.78, 5) is 14.6. The van der Waals surface area contributed by atoms with Crippen molar-refractivity contribution in [1.29, 1.82) is 0 Å². The van der Waals surface area contributed by atoms with E-state index in [9.17, 15) is 4.79 Å². The predicted octanol–water partition coefficient (Wildman–Crippen LogP) is 2.05. The molecule has 0 aliphatic carbocycles. The van der Waals surface area contributed by atoms with Gasteiger partial charge in [-0.15, -0.1) is 0 Å². The molecule has 1 aromatic carbocycles. The molecule has 1 atom stereocenters. The molecule has 1 heterocycles. The molecule has 0 aromatic heterocycles. The largest absolute Gasteiger partial charge is 0.460 e. The average molecular weight is 290 g/mol. The van der Waals surface area contributed by atoms with Gasteiger partial charge in [0.15, 0.2) is 0 Å². The van der Waals surface area contributed by atoms with Crippen molar-refractivity contribution in [2.45, 2.75) is 32.9 Å². The van der Waals surface area contributed by atoms with Crippen LogP contribution in [-0.4, -0.2) is 42.6 Å². The van der Waals surface area contributed by atoms with Gasteiger partial charge in [0.1, 0.15) is 5.60 Å². The standard InChI is InChI=1S/C17H26N2O2/c1-17(2,3)21-16(20)15-11-18-9-10-19(13-15)12-14-7-5-4-6-8-14/h4-8,15,18H,9-13H2,1-3H3. The Labute approximate surface area is 127 Å². The minimum atomic E-state index is -0.423. The second-order valence-corrected chi connectivity index (χ2v) is 6.66. The van der Waals surface area contributed by atoms with Crippen molar-refractivity contribution in [1.82, 2.24) is 10.2 Å². The molecule has 4 nitrogen and oxygen atoms in total. The van der Waals surface area contributed by atoms with Crippen molar-refractivity contribution >= 4 is 5.97 Å². The Morgan fingerprint density at radius 1 is 1.33 bits per heavy atom. The Hall–Kier alpha value is -1.39. The van der Waals surface area contributed by atoms with E-state index in [1.54, 1.807) is 0 Å². The zero-order valence-corrected chi connectivity index (χ0v) is 13.3. The monoisotopic (exact) mass is 290 g/mol. The lowest BCUT2D eigenvalue weighted by molar-refractivity contribution is -0.160. The molecule has 21 heavy (non-hydrogen) atoms. The lowest BCUT2D eigenvalue weighted by Gasteiger charge is -2.26. The fourth-order valence-electron chi connectivity index (χ4n) is 2.51. The summed E-state index contributed by atoms with van der Waals surface area (Å²) in [5.41, 5.74) is 0.857. The summed E-state index contributed by atoms with van der Waals surface area (Å²) in [7, 11) is 0. The van der Waals surface area contributed by atoms with Gasteiger partial charge in [-0.05, 0) is 26.3 Å². The fraction of sp³-hybridized carbons (Fsp3) is 0.588. The summed E-state index contributed by atoms with van der Waals surface area (Å²) >= 11 is 0. The molecule has 4 heteroatoms. The number of benzene rings is 1. The van der Waals surface area contributed by atoms with E-state index in [-0.39, 0.29) is 11.9 Å². The molecular weight excluding hydrogens is 264 g/mol. The normalized spacial score (nSPS) is 20.8. The van der Waals surface area contributed by atoms with Gasteiger partial charge in [0.2, 0.25) is 0 Å². The van der Waals surface area contributed by atoms with Crippen LogP contribution in [0.15, 0.2) is 30.3 Å². The Morgan fingerprint density at radius 3 is 2.71 bits per heavy atom. The molecule has 0 bridgehead atoms. The van der Waals surface area contributed by atoms with Crippen molar-refractivity contribution in [3.63, 3.8) is 0 Å². The maximum Gasteiger partial charge on any atom is 0.312 e. The first-order chi connectivity index (χ1) is 9.94. The van der Waals surface area contributed by atoms with Gasteiger partial charge in [-0.2, -0.15) is 0 Å². The smallest absolute Gasteiger partial charge is 0.312 e. The second kappa shape index (κ2) is 7.05. The summed E-state index contributed by atoms with van der Waals surface area (Å²) in [6.07, 6.45) is 0. The van der Waals surface area contributed by atoms with Gasteiger partial charge in [-0.1, -0.05) is 30.3 Å². The molecule has 0 amide bonds. The highest BCUT2D eigenvalue weighted by molar-refractivity contribution is 5.73. The molecule has 1 aromatic rings. The van der Waals surface area contributed by atoms with E-state index < -0.39 is 5.60 Å². The molecule has 0 radical (unpaired) electrons. The van der Waals surface area contributed by atoms with Crippen molar-refractivity contribution < 1.29 is 9.53 Å². The van der Waals surface area contributed by atoms with Gasteiger partial charge in [0, 0.05) is 32.7 Å². The fourth-order valence-corrected chi connectivity index (χ4v) is 2.51. The van der Waals surface area contributed by atoms with Crippen LogP contribution in [-0.2, 0) is 16.1 Å². The van der Waals surface area contributed by atoms with Gasteiger partial charge in [-0.25, -0.2) is 0 Å². The van der Waals surface area contributed by atoms with E-state index in [4.69, 9.17) is 4.74 Å². The molecule has 2 rings (SSSR count). The number of hydrogen-bond acceptors (Lipinski definition) is 4. The highest BCUT2D eigenvalue weighted by atomic mass is 16.6. The number of carbonyl (C=O) groups is 1. The van der Waals surface area contributed by atoms with Gasteiger partial charge in [-0.3, -0.25) is 9.69 Å². The van der Waals surface area contributed by atoms with Crippen LogP contribution in [0, 0.1) is 5.92 Å². The third-order valence-electron chi connectivity index (χ3n) is 3.46. The summed E-state index contributed by atoms with van der Waals surface area (Å²) in [6, 6.07) is 10.4. The third kappa shape index (κ3) is 5.48. The molecule has 1 N–H and O–H groups in total. The van der Waals surface area contributed by atoms with Crippen LogP contribution >= 0.6 is 0 Å². The maximum absolute atomic E-state index is 12.3. The highest BCUT2D eigenvalue weighted by Gasteiger charge is 2.28. The summed E-state index contributed by atoms with van der Waals surface area (Å²) in [5.74, 6) is -0.203. The van der Waals surface area contributed by atoms with Gasteiger partial charge in [0.25, 0.3) is 0 Å². The zero-order valence-electron chi connectivity index (χ0n) is 13.3. The van der Waals surface area contributed by atoms with Gasteiger partial charge >= 0.3 is 5.97 Å². The van der Waals surface area contributed by atoms with Crippen molar-refractivity contribution in [2.24, 2.45) is 5.92 Å². The molecule has 116 valence electrons. The maximum atomic E-state index is 12.3. The van der Waals surface area contributed by atoms with Crippen LogP contribution in [0.25, 0.3) is 0 Å². The van der Waals surface area contributed by atoms with Crippen LogP contribution in [0.4, 0.5) is 0 Å². The van der Waals surface area contributed by atoms with Crippen LogP contribution in [0.1, 0.15) is 26.3 Å². The number of hydrogen-bond donors (Lipinski definition) is 1. The summed E-state index contributed by atoms with van der Waals surface area (Å²) < 4.78 is 5.53. The van der Waals surface area contributed by atoms with Gasteiger partial charge in [0.05, 0.1) is 5.92 Å². The number of esters is 1. The molecule has 1 aliphatic heterocycles. The van der Waals surface area contributed by atoms with Crippen LogP contribution in [0.5, 0.6) is 0 Å². The number of carbonyl (C=O) groups excluding carboxylic acids is 1. The van der Waals surface area contributed by atoms with E-state index >= 15 is 0 Å². The average Bonchev–Trinajstić information content (AvgIpc) is 2.64. The Morgan fingerprint density at radius 2 is 2.05 bits per heavy atom. The van der Waals surface area contributed by atoms with Gasteiger partial charge < -0.3 is 10.1 Å². The quantitative estimate of drug-likeness (QED) is 0.865. The Bertz CT molecular complexity index is 454. The second-order valence-electron chi connectivity index (χ2n) is 6.66. The lowest BCUT2D eigenvalue weighted by atomic mass is 10.1. The summed E-state index contributed by atoms with van der Waals surface area (Å²) in [6.45, 7) is 9.92. The number of nitrogens with one attached hydrogen (secondary N) is 1. The van der Waals surface area contributed by atoms with E-state index in [2.05, 4.69) is 34.5 Å². The summed E-state index contributed by atoms with van der Waals surface area (Å²) in [5, 5.41) is 3.34. The molecule has 1 saturated heterocycles. The van der Waals surface area contributed by atoms with Crippen LogP contribution < -0.4 is 5.32 Å². The van der Waals surface area contributed by atoms with E-state index in [1.807, 2.05) is 26.8 Å². The number of ether oxygens (including phenoxy) is 1. The predicted molar refractivity (Wildman–Crippen MR) is 83.9 cm³/mol. The van der Waals surface area contributed by atoms with Crippen LogP contribution in [0.3, 0.4) is 0 Å². The van der Waals surface area contributed by atoms with Crippen molar-refractivity contribution in [3.8, 4) is 0 Å². The van der Waals surface area contributed by atoms with Crippen LogP contribution in [0.2, 0.25) is 0 Å². The molecular formula is C17H26N2O2. The van der Waals surface area contributed by atoms with E-state index in [0.717, 1.165) is 26.2 Å². The van der Waals surface area contributed by atoms with Crippen molar-refractivity contribution in [3.05, 3.63) is 35.9 Å². The first kappa shape index (κ1) is 16.0. The van der Waals surface area contributed by atoms with E-state index in [1.165, 1.54) is 5.56 Å². The lowest BCUT2D eigenvalue weighted by Crippen LogP contribution is -2.37. The SMILES string of the molecule is CC(C)(C)OC(=O)C1CNCCN(Cc2ccccc2)C1. The van der Waals surface area contributed by atoms with Crippen molar-refractivity contribution in [2.75, 3.05) is 26.2 Å². The Kier molecular flexibility index (Phi) is 5.37. The molecule has 0 spiro atoms. The molecule has 0 saturated carbocycles. The first-order valence-electron chi connectivity index (χ1n) is 7.64. The minimum Gasteiger partial charge on any atom is -0.460 e. The zero-order chi connectivity index (χ0) is 15.3. The van der Waals surface area contributed by atoms with E-state index in [0.29, 0.717) is 6.54 Å². The Balaban J connectivity index is 1.96. The number of nitrogens with zero attached hydrogens (tertiary/aromatic N) is 1. The molecule has 1 unspecified atom stereocenters. The molecule has 1 fully saturated rings. The first-order valence-corrected chi connectivity index (χ1v) is 7.64. The number of rotatable bonds is 3. The molecule has 1 aliphatic rings. The highest BCUT2D eigenvalue weighted by Crippen LogP contribution is 2.15.